The minimum atomic E-state index is -0.481. The van der Waals surface area contributed by atoms with Gasteiger partial charge in [-0.05, 0) is 12.1 Å². The van der Waals surface area contributed by atoms with Gasteiger partial charge in [0.05, 0.1) is 17.8 Å². The Bertz CT molecular complexity index is 612. The highest BCUT2D eigenvalue weighted by molar-refractivity contribution is 6.30. The summed E-state index contributed by atoms with van der Waals surface area (Å²) in [4.78, 5) is 15.0. The van der Waals surface area contributed by atoms with E-state index in [4.69, 9.17) is 17.3 Å². The fraction of sp³-hybridized carbons (Fsp3) is 0.0909. The summed E-state index contributed by atoms with van der Waals surface area (Å²) in [5.74, 6) is -0.461. The zero-order chi connectivity index (χ0) is 12.4. The maximum Gasteiger partial charge on any atom is 0.347 e. The van der Waals surface area contributed by atoms with E-state index in [0.717, 1.165) is 0 Å². The van der Waals surface area contributed by atoms with Gasteiger partial charge in [-0.15, -0.1) is 0 Å². The number of halogens is 2. The van der Waals surface area contributed by atoms with Crippen molar-refractivity contribution in [2.24, 2.45) is 0 Å². The van der Waals surface area contributed by atoms with Crippen molar-refractivity contribution in [3.05, 3.63) is 57.5 Å². The molecule has 2 aromatic rings. The van der Waals surface area contributed by atoms with Gasteiger partial charge in [-0.25, -0.2) is 14.2 Å². The van der Waals surface area contributed by atoms with E-state index in [1.54, 1.807) is 6.07 Å². The lowest BCUT2D eigenvalue weighted by Crippen LogP contribution is -2.22. The van der Waals surface area contributed by atoms with E-state index in [1.165, 1.54) is 29.1 Å². The summed E-state index contributed by atoms with van der Waals surface area (Å²) in [6, 6.07) is 4.30. The minimum absolute atomic E-state index is 0.0680. The Balaban J connectivity index is 2.38. The number of nitrogens with zero attached hydrogens (tertiary/aromatic N) is 2. The fourth-order valence-electron chi connectivity index (χ4n) is 1.42. The molecule has 0 amide bonds. The summed E-state index contributed by atoms with van der Waals surface area (Å²) in [6.07, 6.45) is 2.66. The molecule has 0 radical (unpaired) electrons. The molecule has 6 heteroatoms. The minimum Gasteiger partial charge on any atom is -0.399 e. The van der Waals surface area contributed by atoms with Crippen molar-refractivity contribution < 1.29 is 4.39 Å². The summed E-state index contributed by atoms with van der Waals surface area (Å²) in [5, 5.41) is 0.320. The molecule has 1 aromatic heterocycles. The van der Waals surface area contributed by atoms with Gasteiger partial charge in [-0.3, -0.25) is 4.57 Å². The molecule has 0 aliphatic carbocycles. The zero-order valence-corrected chi connectivity index (χ0v) is 9.49. The van der Waals surface area contributed by atoms with Crippen LogP contribution >= 0.6 is 11.6 Å². The first-order valence-electron chi connectivity index (χ1n) is 4.82. The highest BCUT2D eigenvalue weighted by Gasteiger charge is 2.05. The van der Waals surface area contributed by atoms with Crippen LogP contribution in [0.1, 0.15) is 5.56 Å². The number of hydrogen-bond donors (Lipinski definition) is 1. The van der Waals surface area contributed by atoms with E-state index in [0.29, 0.717) is 16.3 Å². The number of nitrogen functional groups attached to an aromatic ring is 1. The van der Waals surface area contributed by atoms with Gasteiger partial charge in [0, 0.05) is 17.4 Å². The van der Waals surface area contributed by atoms with Crippen LogP contribution in [0, 0.1) is 5.82 Å². The first-order chi connectivity index (χ1) is 8.06. The lowest BCUT2D eigenvalue weighted by Gasteiger charge is -2.06. The maximum atomic E-state index is 13.5. The summed E-state index contributed by atoms with van der Waals surface area (Å²) in [6.45, 7) is 0.0680. The smallest absolute Gasteiger partial charge is 0.347 e. The van der Waals surface area contributed by atoms with E-state index >= 15 is 0 Å². The molecule has 0 saturated carbocycles. The predicted octanol–water partition coefficient (Wildman–Crippen LogP) is 1.67. The molecule has 0 fully saturated rings. The van der Waals surface area contributed by atoms with Gasteiger partial charge in [0.15, 0.2) is 0 Å². The molecule has 0 saturated heterocycles. The second-order valence-electron chi connectivity index (χ2n) is 3.53. The van der Waals surface area contributed by atoms with Crippen molar-refractivity contribution in [2.75, 3.05) is 5.73 Å². The first kappa shape index (κ1) is 11.6. The summed E-state index contributed by atoms with van der Waals surface area (Å²) >= 11 is 5.71. The molecule has 0 aliphatic rings. The average Bonchev–Trinajstić information content (AvgIpc) is 2.27. The Morgan fingerprint density at radius 1 is 1.47 bits per heavy atom. The van der Waals surface area contributed by atoms with Crippen molar-refractivity contribution in [3.8, 4) is 0 Å². The fourth-order valence-corrected chi connectivity index (χ4v) is 1.58. The van der Waals surface area contributed by atoms with Gasteiger partial charge in [-0.2, -0.15) is 0 Å². The molecule has 0 atom stereocenters. The Hall–Kier alpha value is -1.88. The molecule has 2 N–H and O–H groups in total. The maximum absolute atomic E-state index is 13.5. The third kappa shape index (κ3) is 2.62. The molecule has 1 aromatic carbocycles. The molecule has 88 valence electrons. The molecule has 0 spiro atoms. The first-order valence-corrected chi connectivity index (χ1v) is 5.20. The van der Waals surface area contributed by atoms with Gasteiger partial charge in [0.1, 0.15) is 5.82 Å². The van der Waals surface area contributed by atoms with Crippen molar-refractivity contribution in [1.82, 2.24) is 9.55 Å². The van der Waals surface area contributed by atoms with Crippen LogP contribution in [-0.2, 0) is 6.54 Å². The van der Waals surface area contributed by atoms with E-state index in [-0.39, 0.29) is 6.54 Å². The van der Waals surface area contributed by atoms with Crippen LogP contribution in [0.4, 0.5) is 10.1 Å². The van der Waals surface area contributed by atoms with E-state index in [2.05, 4.69) is 4.98 Å². The molecule has 2 rings (SSSR count). The number of hydrogen-bond acceptors (Lipinski definition) is 3. The van der Waals surface area contributed by atoms with Crippen LogP contribution in [0.15, 0.2) is 35.4 Å². The summed E-state index contributed by atoms with van der Waals surface area (Å²) in [5.41, 5.74) is 5.64. The number of aromatic nitrogens is 2. The van der Waals surface area contributed by atoms with Crippen molar-refractivity contribution in [2.45, 2.75) is 6.54 Å². The van der Waals surface area contributed by atoms with Gasteiger partial charge in [0.2, 0.25) is 0 Å². The highest BCUT2D eigenvalue weighted by Crippen LogP contribution is 2.13. The van der Waals surface area contributed by atoms with Gasteiger partial charge >= 0.3 is 5.69 Å². The lowest BCUT2D eigenvalue weighted by molar-refractivity contribution is 0.594. The Kier molecular flexibility index (Phi) is 3.10. The normalized spacial score (nSPS) is 10.5. The molecule has 4 nitrogen and oxygen atoms in total. The molecule has 0 aliphatic heterocycles. The summed E-state index contributed by atoms with van der Waals surface area (Å²) < 4.78 is 14.8. The van der Waals surface area contributed by atoms with E-state index in [1.807, 2.05) is 0 Å². The van der Waals surface area contributed by atoms with Crippen LogP contribution < -0.4 is 11.4 Å². The SMILES string of the molecule is Nc1ccc(Cn2cc(Cl)cnc2=O)c(F)c1. The van der Waals surface area contributed by atoms with E-state index in [9.17, 15) is 9.18 Å². The molecule has 1 heterocycles. The third-order valence-corrected chi connectivity index (χ3v) is 2.44. The number of anilines is 1. The quantitative estimate of drug-likeness (QED) is 0.828. The second-order valence-corrected chi connectivity index (χ2v) is 3.97. The average molecular weight is 254 g/mol. The largest absolute Gasteiger partial charge is 0.399 e. The van der Waals surface area contributed by atoms with Crippen LogP contribution in [0.2, 0.25) is 5.02 Å². The predicted molar refractivity (Wildman–Crippen MR) is 63.4 cm³/mol. The van der Waals surface area contributed by atoms with Crippen molar-refractivity contribution >= 4 is 17.3 Å². The van der Waals surface area contributed by atoms with Crippen LogP contribution in [0.5, 0.6) is 0 Å². The van der Waals surface area contributed by atoms with Gasteiger partial charge in [0.25, 0.3) is 0 Å². The topological polar surface area (TPSA) is 60.9 Å². The number of rotatable bonds is 2. The molecular formula is C11H9ClFN3O. The van der Waals surface area contributed by atoms with E-state index < -0.39 is 11.5 Å². The van der Waals surface area contributed by atoms with Gasteiger partial charge in [-0.1, -0.05) is 17.7 Å². The third-order valence-electron chi connectivity index (χ3n) is 2.24. The molecular weight excluding hydrogens is 245 g/mol. The van der Waals surface area contributed by atoms with Crippen LogP contribution in [-0.4, -0.2) is 9.55 Å². The number of nitrogens with two attached hydrogens (primary N) is 1. The van der Waals surface area contributed by atoms with Crippen LogP contribution in [0.25, 0.3) is 0 Å². The number of benzene rings is 1. The highest BCUT2D eigenvalue weighted by atomic mass is 35.5. The Morgan fingerprint density at radius 3 is 2.94 bits per heavy atom. The van der Waals surface area contributed by atoms with Crippen molar-refractivity contribution in [1.29, 1.82) is 0 Å². The van der Waals surface area contributed by atoms with Crippen LogP contribution in [0.3, 0.4) is 0 Å². The molecule has 0 unspecified atom stereocenters. The Labute approximate surface area is 101 Å². The standard InChI is InChI=1S/C11H9ClFN3O/c12-8-4-15-11(17)16(6-8)5-7-1-2-9(14)3-10(7)13/h1-4,6H,5,14H2. The molecule has 0 bridgehead atoms. The molecule has 17 heavy (non-hydrogen) atoms. The lowest BCUT2D eigenvalue weighted by atomic mass is 10.2. The van der Waals surface area contributed by atoms with Gasteiger partial charge < -0.3 is 5.73 Å². The monoisotopic (exact) mass is 253 g/mol. The second kappa shape index (κ2) is 4.55. The zero-order valence-electron chi connectivity index (χ0n) is 8.73. The Morgan fingerprint density at radius 2 is 2.24 bits per heavy atom. The van der Waals surface area contributed by atoms with Crippen molar-refractivity contribution in [3.63, 3.8) is 0 Å². The summed E-state index contributed by atoms with van der Waals surface area (Å²) in [7, 11) is 0.